The van der Waals surface area contributed by atoms with Gasteiger partial charge in [0.2, 0.25) is 0 Å². The highest BCUT2D eigenvalue weighted by atomic mass is 16.5. The molecule has 0 aromatic carbocycles. The Hall–Kier alpha value is -1.26. The van der Waals surface area contributed by atoms with Crippen LogP contribution in [0, 0.1) is 5.41 Å². The highest BCUT2D eigenvalue weighted by molar-refractivity contribution is 5.83. The highest BCUT2D eigenvalue weighted by Gasteiger charge is 1.96. The van der Waals surface area contributed by atoms with Crippen molar-refractivity contribution < 1.29 is 4.74 Å². The predicted molar refractivity (Wildman–Crippen MR) is 35.2 cm³/mol. The Morgan fingerprint density at radius 1 is 1.89 bits per heavy atom. The third kappa shape index (κ3) is 2.53. The molecule has 0 saturated carbocycles. The lowest BCUT2D eigenvalue weighted by Crippen LogP contribution is -2.25. The molecule has 0 spiro atoms. The average molecular weight is 130 g/mol. The van der Waals surface area contributed by atoms with Crippen molar-refractivity contribution in [3.05, 3.63) is 0 Å². The van der Waals surface area contributed by atoms with Crippen molar-refractivity contribution in [2.24, 2.45) is 10.9 Å². The molecule has 0 unspecified atom stereocenters. The van der Waals surface area contributed by atoms with E-state index in [9.17, 15) is 0 Å². The van der Waals surface area contributed by atoms with E-state index in [0.717, 1.165) is 0 Å². The number of nitrogens with zero attached hydrogens (tertiary/aromatic N) is 2. The molecule has 3 N–H and O–H groups in total. The van der Waals surface area contributed by atoms with Crippen LogP contribution in [0.5, 0.6) is 0 Å². The highest BCUT2D eigenvalue weighted by Crippen LogP contribution is 1.78. The molecular weight excluding hydrogens is 120 g/mol. The van der Waals surface area contributed by atoms with Gasteiger partial charge < -0.3 is 10.6 Å². The summed E-state index contributed by atoms with van der Waals surface area (Å²) in [6, 6.07) is 0.00389. The van der Waals surface area contributed by atoms with E-state index in [0.29, 0.717) is 0 Å². The molecule has 0 bridgehead atoms. The molecule has 0 fully saturated rings. The van der Waals surface area contributed by atoms with Gasteiger partial charge in [-0.1, -0.05) is 0 Å². The zero-order chi connectivity index (χ0) is 7.28. The minimum absolute atomic E-state index is 0.00389. The summed E-state index contributed by atoms with van der Waals surface area (Å²) in [5.41, 5.74) is 0. The molecule has 9 heavy (non-hydrogen) atoms. The fraction of sp³-hybridized carbons (Fsp3) is 0.500. The van der Waals surface area contributed by atoms with Crippen LogP contribution in [0.1, 0.15) is 0 Å². The predicted octanol–water partition coefficient (Wildman–Crippen LogP) is -0.599. The molecule has 0 aliphatic carbocycles. The summed E-state index contributed by atoms with van der Waals surface area (Å²) in [4.78, 5) is 1.35. The lowest BCUT2D eigenvalue weighted by molar-refractivity contribution is 0.349. The number of hydrogen-bond donors (Lipinski definition) is 2. The first-order chi connectivity index (χ1) is 4.22. The third-order valence-electron chi connectivity index (χ3n) is 0.754. The first-order valence-corrected chi connectivity index (χ1v) is 2.31. The van der Waals surface area contributed by atoms with Gasteiger partial charge in [-0.05, 0) is 0 Å². The number of amidine groups is 1. The molecule has 0 heterocycles. The van der Waals surface area contributed by atoms with Crippen LogP contribution in [0.3, 0.4) is 0 Å². The van der Waals surface area contributed by atoms with Crippen LogP contribution < -0.4 is 5.84 Å². The maximum atomic E-state index is 7.00. The molecule has 0 rings (SSSR count). The number of nitrogens with one attached hydrogen (secondary N) is 1. The molecular formula is C4H10N4O. The van der Waals surface area contributed by atoms with Crippen molar-refractivity contribution in [3.63, 3.8) is 0 Å². The summed E-state index contributed by atoms with van der Waals surface area (Å²) in [5.74, 6) is 4.80. The molecule has 0 amide bonds. The summed E-state index contributed by atoms with van der Waals surface area (Å²) < 4.78 is 4.53. The quantitative estimate of drug-likeness (QED) is 0.215. The molecule has 5 nitrogen and oxygen atoms in total. The van der Waals surface area contributed by atoms with E-state index in [-0.39, 0.29) is 6.02 Å². The maximum Gasteiger partial charge on any atom is 0.289 e. The minimum atomic E-state index is 0.00389. The van der Waals surface area contributed by atoms with Gasteiger partial charge in [0.05, 0.1) is 7.11 Å². The Balaban J connectivity index is 3.72. The fourth-order valence-electron chi connectivity index (χ4n) is 0.296. The van der Waals surface area contributed by atoms with Gasteiger partial charge in [0.25, 0.3) is 6.02 Å². The van der Waals surface area contributed by atoms with Crippen LogP contribution in [-0.4, -0.2) is 31.4 Å². The number of hydrogen-bond acceptors (Lipinski definition) is 4. The second-order valence-corrected chi connectivity index (χ2v) is 1.38. The van der Waals surface area contributed by atoms with Gasteiger partial charge in [0.1, 0.15) is 6.34 Å². The lowest BCUT2D eigenvalue weighted by Gasteiger charge is -2.10. The minimum Gasteiger partial charge on any atom is -0.468 e. The van der Waals surface area contributed by atoms with Crippen molar-refractivity contribution in [1.82, 2.24) is 4.90 Å². The van der Waals surface area contributed by atoms with E-state index in [4.69, 9.17) is 11.3 Å². The van der Waals surface area contributed by atoms with Crippen LogP contribution in [-0.2, 0) is 4.74 Å². The zero-order valence-corrected chi connectivity index (χ0v) is 5.46. The number of hydrazone groups is 1. The average Bonchev–Trinajstić information content (AvgIpc) is 1.87. The first-order valence-electron chi connectivity index (χ1n) is 2.31. The molecule has 0 aliphatic rings. The van der Waals surface area contributed by atoms with E-state index in [1.807, 2.05) is 0 Å². The van der Waals surface area contributed by atoms with Crippen LogP contribution in [0.4, 0.5) is 0 Å². The summed E-state index contributed by atoms with van der Waals surface area (Å²) in [5, 5.41) is 10.2. The van der Waals surface area contributed by atoms with E-state index < -0.39 is 0 Å². The topological polar surface area (TPSA) is 74.7 Å². The number of ether oxygens (including phenoxy) is 1. The van der Waals surface area contributed by atoms with Gasteiger partial charge >= 0.3 is 0 Å². The number of rotatable bonds is 1. The van der Waals surface area contributed by atoms with Gasteiger partial charge in [-0.2, -0.15) is 5.10 Å². The van der Waals surface area contributed by atoms with Gasteiger partial charge in [0, 0.05) is 7.05 Å². The van der Waals surface area contributed by atoms with E-state index >= 15 is 0 Å². The molecule has 0 aromatic heterocycles. The molecule has 0 atom stereocenters. The van der Waals surface area contributed by atoms with Crippen molar-refractivity contribution >= 4 is 12.4 Å². The molecule has 0 aromatic rings. The zero-order valence-electron chi connectivity index (χ0n) is 5.46. The lowest BCUT2D eigenvalue weighted by atomic mass is 10.8. The second kappa shape index (κ2) is 3.71. The Labute approximate surface area is 53.6 Å². The molecule has 52 valence electrons. The second-order valence-electron chi connectivity index (χ2n) is 1.38. The summed E-state index contributed by atoms with van der Waals surface area (Å²) in [7, 11) is 3.02. The normalized spacial score (nSPS) is 9.56. The Morgan fingerprint density at radius 2 is 2.44 bits per heavy atom. The third-order valence-corrected chi connectivity index (χ3v) is 0.754. The standard InChI is InChI=1S/C4H10N4O/c1-8(3-7-6)4(5)9-2/h3,5H,6H2,1-2H3/b5-4?,7-3+. The SMILES string of the molecule is COC(=N)N(C)/C=N/N. The first kappa shape index (κ1) is 7.74. The molecule has 0 saturated heterocycles. The van der Waals surface area contributed by atoms with Gasteiger partial charge in [0.15, 0.2) is 0 Å². The van der Waals surface area contributed by atoms with Gasteiger partial charge in [-0.15, -0.1) is 0 Å². The van der Waals surface area contributed by atoms with Crippen LogP contribution in [0.15, 0.2) is 5.10 Å². The van der Waals surface area contributed by atoms with E-state index in [2.05, 4.69) is 9.84 Å². The fourth-order valence-corrected chi connectivity index (χ4v) is 0.296. The Kier molecular flexibility index (Phi) is 3.19. The molecule has 0 radical (unpaired) electrons. The van der Waals surface area contributed by atoms with Gasteiger partial charge in [-0.25, -0.2) is 0 Å². The Morgan fingerprint density at radius 3 is 2.78 bits per heavy atom. The van der Waals surface area contributed by atoms with Crippen molar-refractivity contribution in [3.8, 4) is 0 Å². The summed E-state index contributed by atoms with van der Waals surface area (Å²) in [6.07, 6.45) is 1.28. The molecule has 5 heteroatoms. The number of methoxy groups -OCH3 is 1. The van der Waals surface area contributed by atoms with Crippen molar-refractivity contribution in [1.29, 1.82) is 5.41 Å². The van der Waals surface area contributed by atoms with Gasteiger partial charge in [-0.3, -0.25) is 10.3 Å². The summed E-state index contributed by atoms with van der Waals surface area (Å²) in [6.45, 7) is 0. The smallest absolute Gasteiger partial charge is 0.289 e. The Bertz CT molecular complexity index is 122. The van der Waals surface area contributed by atoms with E-state index in [1.54, 1.807) is 7.05 Å². The van der Waals surface area contributed by atoms with Crippen LogP contribution >= 0.6 is 0 Å². The van der Waals surface area contributed by atoms with Crippen LogP contribution in [0.25, 0.3) is 0 Å². The van der Waals surface area contributed by atoms with E-state index in [1.165, 1.54) is 18.3 Å². The maximum absolute atomic E-state index is 7.00. The number of nitrogens with two attached hydrogens (primary N) is 1. The van der Waals surface area contributed by atoms with Crippen molar-refractivity contribution in [2.75, 3.05) is 14.2 Å². The molecule has 0 aliphatic heterocycles. The van der Waals surface area contributed by atoms with Crippen molar-refractivity contribution in [2.45, 2.75) is 0 Å². The monoisotopic (exact) mass is 130 g/mol. The largest absolute Gasteiger partial charge is 0.468 e. The van der Waals surface area contributed by atoms with Crippen LogP contribution in [0.2, 0.25) is 0 Å². The summed E-state index contributed by atoms with van der Waals surface area (Å²) >= 11 is 0.